The molecular formula is C27H33N5S. The number of nitrogens with zero attached hydrogens (tertiary/aromatic N) is 3. The Bertz CT molecular complexity index is 1210. The highest BCUT2D eigenvalue weighted by Gasteiger charge is 2.22. The molecule has 0 amide bonds. The van der Waals surface area contributed by atoms with Crippen LogP contribution in [0.2, 0.25) is 0 Å². The van der Waals surface area contributed by atoms with Gasteiger partial charge in [-0.05, 0) is 85.6 Å². The normalized spacial score (nSPS) is 18.6. The average molecular weight is 460 g/mol. The molecule has 1 saturated carbocycles. The minimum absolute atomic E-state index is 0.453. The standard InChI is InChI=1S/C27H33N5S/c1-32(2)26-23-8-3-5-9-24(23)30-27(31-26)29-21-13-11-19(12-14-21)17-28-16-15-20-18-33-25-10-6-4-7-22(20)25/h3-10,18-19,21,28H,11-17H2,1-2H3,(H,29,30,31). The van der Waals surface area contributed by atoms with Crippen molar-refractivity contribution < 1.29 is 0 Å². The Labute approximate surface area is 200 Å². The molecule has 0 spiro atoms. The number of fused-ring (bicyclic) bond motifs is 2. The van der Waals surface area contributed by atoms with E-state index in [4.69, 9.17) is 9.97 Å². The Morgan fingerprint density at radius 1 is 0.939 bits per heavy atom. The molecule has 1 aliphatic carbocycles. The lowest BCUT2D eigenvalue weighted by molar-refractivity contribution is 0.325. The summed E-state index contributed by atoms with van der Waals surface area (Å²) >= 11 is 1.86. The van der Waals surface area contributed by atoms with Gasteiger partial charge in [-0.1, -0.05) is 30.3 Å². The molecule has 2 aromatic carbocycles. The number of aromatic nitrogens is 2. The summed E-state index contributed by atoms with van der Waals surface area (Å²) in [5.74, 6) is 2.48. The first-order valence-electron chi connectivity index (χ1n) is 12.0. The first-order valence-corrected chi connectivity index (χ1v) is 12.9. The van der Waals surface area contributed by atoms with E-state index >= 15 is 0 Å². The summed E-state index contributed by atoms with van der Waals surface area (Å²) < 4.78 is 1.39. The molecule has 0 aliphatic heterocycles. The molecule has 0 unspecified atom stereocenters. The largest absolute Gasteiger partial charge is 0.362 e. The van der Waals surface area contributed by atoms with Gasteiger partial charge in [-0.15, -0.1) is 11.3 Å². The Balaban J connectivity index is 1.10. The highest BCUT2D eigenvalue weighted by Crippen LogP contribution is 2.29. The number of para-hydroxylation sites is 1. The maximum Gasteiger partial charge on any atom is 0.225 e. The third-order valence-electron chi connectivity index (χ3n) is 6.75. The molecule has 0 bridgehead atoms. The molecule has 0 atom stereocenters. The topological polar surface area (TPSA) is 53.1 Å². The molecular weight excluding hydrogens is 426 g/mol. The monoisotopic (exact) mass is 459 g/mol. The quantitative estimate of drug-likeness (QED) is 0.330. The zero-order chi connectivity index (χ0) is 22.6. The molecule has 172 valence electrons. The van der Waals surface area contributed by atoms with Gasteiger partial charge >= 0.3 is 0 Å². The van der Waals surface area contributed by atoms with Crippen molar-refractivity contribution in [1.29, 1.82) is 0 Å². The van der Waals surface area contributed by atoms with Gasteiger partial charge in [-0.3, -0.25) is 0 Å². The fraction of sp³-hybridized carbons (Fsp3) is 0.407. The molecule has 0 saturated heterocycles. The van der Waals surface area contributed by atoms with Gasteiger partial charge in [0.15, 0.2) is 0 Å². The van der Waals surface area contributed by atoms with Crippen LogP contribution in [0.1, 0.15) is 31.2 Å². The van der Waals surface area contributed by atoms with Crippen LogP contribution in [0.25, 0.3) is 21.0 Å². The highest BCUT2D eigenvalue weighted by molar-refractivity contribution is 7.17. The Morgan fingerprint density at radius 2 is 1.70 bits per heavy atom. The van der Waals surface area contributed by atoms with E-state index in [-0.39, 0.29) is 0 Å². The molecule has 2 aromatic heterocycles. The van der Waals surface area contributed by atoms with Gasteiger partial charge < -0.3 is 15.5 Å². The molecule has 1 aliphatic rings. The summed E-state index contributed by atoms with van der Waals surface area (Å²) in [6, 6.07) is 17.4. The predicted molar refractivity (Wildman–Crippen MR) is 142 cm³/mol. The van der Waals surface area contributed by atoms with Crippen LogP contribution in [0.15, 0.2) is 53.9 Å². The first kappa shape index (κ1) is 22.1. The van der Waals surface area contributed by atoms with Crippen LogP contribution in [0.4, 0.5) is 11.8 Å². The lowest BCUT2D eigenvalue weighted by Gasteiger charge is -2.29. The minimum atomic E-state index is 0.453. The minimum Gasteiger partial charge on any atom is -0.362 e. The molecule has 1 fully saturated rings. The van der Waals surface area contributed by atoms with E-state index in [0.29, 0.717) is 6.04 Å². The second-order valence-corrected chi connectivity index (χ2v) is 10.3. The van der Waals surface area contributed by atoms with Crippen molar-refractivity contribution in [3.05, 3.63) is 59.5 Å². The van der Waals surface area contributed by atoms with E-state index in [1.54, 1.807) is 0 Å². The van der Waals surface area contributed by atoms with E-state index in [0.717, 1.165) is 48.1 Å². The van der Waals surface area contributed by atoms with Crippen LogP contribution in [0, 0.1) is 5.92 Å². The highest BCUT2D eigenvalue weighted by atomic mass is 32.1. The number of benzene rings is 2. The number of hydrogen-bond acceptors (Lipinski definition) is 6. The molecule has 33 heavy (non-hydrogen) atoms. The van der Waals surface area contributed by atoms with Gasteiger partial charge in [0.2, 0.25) is 5.95 Å². The van der Waals surface area contributed by atoms with E-state index < -0.39 is 0 Å². The van der Waals surface area contributed by atoms with Crippen molar-refractivity contribution >= 4 is 44.1 Å². The summed E-state index contributed by atoms with van der Waals surface area (Å²) in [6.45, 7) is 2.17. The van der Waals surface area contributed by atoms with Gasteiger partial charge in [0.05, 0.1) is 5.52 Å². The van der Waals surface area contributed by atoms with Gasteiger partial charge in [0.25, 0.3) is 0 Å². The number of anilines is 2. The maximum absolute atomic E-state index is 4.81. The average Bonchev–Trinajstić information content (AvgIpc) is 3.25. The summed E-state index contributed by atoms with van der Waals surface area (Å²) in [5, 5.41) is 12.2. The van der Waals surface area contributed by atoms with Crippen LogP contribution in [0.5, 0.6) is 0 Å². The molecule has 2 N–H and O–H groups in total. The number of hydrogen-bond donors (Lipinski definition) is 2. The molecule has 5 nitrogen and oxygen atoms in total. The summed E-state index contributed by atoms with van der Waals surface area (Å²) in [6.07, 6.45) is 5.96. The van der Waals surface area contributed by atoms with Crippen LogP contribution >= 0.6 is 11.3 Å². The van der Waals surface area contributed by atoms with Crippen LogP contribution in [-0.4, -0.2) is 43.2 Å². The van der Waals surface area contributed by atoms with Gasteiger partial charge in [-0.25, -0.2) is 4.98 Å². The lowest BCUT2D eigenvalue weighted by Crippen LogP contribution is -2.32. The van der Waals surface area contributed by atoms with E-state index in [1.807, 2.05) is 37.6 Å². The molecule has 5 rings (SSSR count). The Morgan fingerprint density at radius 3 is 2.52 bits per heavy atom. The van der Waals surface area contributed by atoms with E-state index in [2.05, 4.69) is 57.3 Å². The number of thiophene rings is 1. The lowest BCUT2D eigenvalue weighted by atomic mass is 9.86. The van der Waals surface area contributed by atoms with Crippen molar-refractivity contribution in [2.75, 3.05) is 37.4 Å². The van der Waals surface area contributed by atoms with E-state index in [9.17, 15) is 0 Å². The Hall–Kier alpha value is -2.70. The van der Waals surface area contributed by atoms with Gasteiger partial charge in [0, 0.05) is 30.2 Å². The SMILES string of the molecule is CN(C)c1nc(NC2CCC(CNCCc3csc4ccccc34)CC2)nc2ccccc12. The molecule has 6 heteroatoms. The van der Waals surface area contributed by atoms with Crippen molar-refractivity contribution in [2.45, 2.75) is 38.1 Å². The van der Waals surface area contributed by atoms with Crippen LogP contribution in [-0.2, 0) is 6.42 Å². The van der Waals surface area contributed by atoms with Crippen molar-refractivity contribution in [1.82, 2.24) is 15.3 Å². The summed E-state index contributed by atoms with van der Waals surface area (Å²) in [7, 11) is 4.08. The number of rotatable bonds is 8. The molecule has 0 radical (unpaired) electrons. The second-order valence-electron chi connectivity index (χ2n) is 9.36. The summed E-state index contributed by atoms with van der Waals surface area (Å²) in [5.41, 5.74) is 2.47. The van der Waals surface area contributed by atoms with Gasteiger partial charge in [-0.2, -0.15) is 4.98 Å². The fourth-order valence-corrected chi connectivity index (χ4v) is 5.91. The zero-order valence-corrected chi connectivity index (χ0v) is 20.4. The second kappa shape index (κ2) is 10.1. The summed E-state index contributed by atoms with van der Waals surface area (Å²) in [4.78, 5) is 11.7. The zero-order valence-electron chi connectivity index (χ0n) is 19.6. The maximum atomic E-state index is 4.81. The Kier molecular flexibility index (Phi) is 6.74. The van der Waals surface area contributed by atoms with Gasteiger partial charge in [0.1, 0.15) is 5.82 Å². The predicted octanol–water partition coefficient (Wildman–Crippen LogP) is 5.71. The van der Waals surface area contributed by atoms with E-state index in [1.165, 1.54) is 41.3 Å². The third kappa shape index (κ3) is 5.12. The van der Waals surface area contributed by atoms with Crippen LogP contribution < -0.4 is 15.5 Å². The first-order chi connectivity index (χ1) is 16.2. The fourth-order valence-electron chi connectivity index (χ4n) is 4.91. The third-order valence-corrected chi connectivity index (χ3v) is 7.76. The molecule has 2 heterocycles. The number of nitrogens with one attached hydrogen (secondary N) is 2. The smallest absolute Gasteiger partial charge is 0.225 e. The van der Waals surface area contributed by atoms with Crippen LogP contribution in [0.3, 0.4) is 0 Å². The molecule has 4 aromatic rings. The van der Waals surface area contributed by atoms with Crippen molar-refractivity contribution in [3.63, 3.8) is 0 Å². The van der Waals surface area contributed by atoms with Crippen molar-refractivity contribution in [2.24, 2.45) is 5.92 Å². The van der Waals surface area contributed by atoms with Crippen molar-refractivity contribution in [3.8, 4) is 0 Å².